The van der Waals surface area contributed by atoms with Gasteiger partial charge < -0.3 is 14.2 Å². The molecule has 1 aromatic heterocycles. The molecular weight excluding hydrogens is 341 g/mol. The van der Waals surface area contributed by atoms with Gasteiger partial charge in [-0.2, -0.15) is 0 Å². The lowest BCUT2D eigenvalue weighted by molar-refractivity contribution is -0.109. The maximum atomic E-state index is 13.9. The molecule has 2 heterocycles. The Bertz CT molecular complexity index is 709. The average molecular weight is 363 g/mol. The van der Waals surface area contributed by atoms with Crippen LogP contribution in [0.1, 0.15) is 17.0 Å². The maximum Gasteiger partial charge on any atom is 0.147 e. The molecule has 5 nitrogen and oxygen atoms in total. The van der Waals surface area contributed by atoms with Crippen LogP contribution in [0.2, 0.25) is 0 Å². The van der Waals surface area contributed by atoms with Gasteiger partial charge in [0.2, 0.25) is 0 Å². The highest BCUT2D eigenvalue weighted by atomic mass is 32.2. The highest BCUT2D eigenvalue weighted by Gasteiger charge is 2.25. The fourth-order valence-corrected chi connectivity index (χ4v) is 4.28. The summed E-state index contributed by atoms with van der Waals surface area (Å²) >= 11 is 1.58. The van der Waals surface area contributed by atoms with Crippen molar-refractivity contribution in [1.29, 1.82) is 0 Å². The van der Waals surface area contributed by atoms with Gasteiger partial charge >= 0.3 is 0 Å². The first-order valence-electron chi connectivity index (χ1n) is 8.32. The number of carbonyl (C=O) groups excluding carboxylic acids is 1. The molecule has 2 aromatic rings. The molecule has 1 fully saturated rings. The van der Waals surface area contributed by atoms with Crippen molar-refractivity contribution in [2.45, 2.75) is 25.0 Å². The topological polar surface area (TPSA) is 49.6 Å². The number of hydrogen-bond donors (Lipinski definition) is 0. The monoisotopic (exact) mass is 363 g/mol. The Hall–Kier alpha value is -1.86. The molecule has 1 atom stereocenters. The lowest BCUT2D eigenvalue weighted by atomic mass is 10.2. The van der Waals surface area contributed by atoms with E-state index in [2.05, 4.69) is 10.1 Å². The number of aldehydes is 1. The van der Waals surface area contributed by atoms with E-state index in [1.807, 2.05) is 24.8 Å². The lowest BCUT2D eigenvalue weighted by Crippen LogP contribution is -2.50. The van der Waals surface area contributed by atoms with E-state index >= 15 is 0 Å². The fourth-order valence-electron chi connectivity index (χ4n) is 3.03. The molecule has 0 saturated carbocycles. The number of aromatic nitrogens is 1. The van der Waals surface area contributed by atoms with Gasteiger partial charge in [-0.25, -0.2) is 4.39 Å². The van der Waals surface area contributed by atoms with Crippen LogP contribution in [0.25, 0.3) is 0 Å². The SMILES string of the molecule is Cc1noc(C)c1CSC(C=O)N1CCN(c2ccccc2F)CC1. The molecule has 0 aliphatic carbocycles. The summed E-state index contributed by atoms with van der Waals surface area (Å²) in [5, 5.41) is 3.74. The predicted molar refractivity (Wildman–Crippen MR) is 97.3 cm³/mol. The molecule has 3 rings (SSSR count). The van der Waals surface area contributed by atoms with Gasteiger partial charge in [0.25, 0.3) is 0 Å². The molecule has 134 valence electrons. The first-order chi connectivity index (χ1) is 12.1. The van der Waals surface area contributed by atoms with Crippen LogP contribution in [0.3, 0.4) is 0 Å². The molecular formula is C18H22FN3O2S. The Morgan fingerprint density at radius 2 is 2.00 bits per heavy atom. The van der Waals surface area contributed by atoms with E-state index in [9.17, 15) is 9.18 Å². The van der Waals surface area contributed by atoms with Crippen LogP contribution < -0.4 is 4.90 Å². The summed E-state index contributed by atoms with van der Waals surface area (Å²) in [5.74, 6) is 1.30. The quantitative estimate of drug-likeness (QED) is 0.736. The molecule has 1 aromatic carbocycles. The second kappa shape index (κ2) is 8.01. The number of para-hydroxylation sites is 1. The van der Waals surface area contributed by atoms with Crippen LogP contribution in [0.5, 0.6) is 0 Å². The van der Waals surface area contributed by atoms with E-state index in [4.69, 9.17) is 4.52 Å². The number of rotatable bonds is 6. The summed E-state index contributed by atoms with van der Waals surface area (Å²) in [4.78, 5) is 15.7. The van der Waals surface area contributed by atoms with Gasteiger partial charge in [0.15, 0.2) is 0 Å². The molecule has 7 heteroatoms. The summed E-state index contributed by atoms with van der Waals surface area (Å²) in [7, 11) is 0. The number of thioether (sulfide) groups is 1. The van der Waals surface area contributed by atoms with Crippen molar-refractivity contribution in [1.82, 2.24) is 10.1 Å². The molecule has 0 bridgehead atoms. The van der Waals surface area contributed by atoms with Crippen molar-refractivity contribution >= 4 is 23.7 Å². The largest absolute Gasteiger partial charge is 0.367 e. The van der Waals surface area contributed by atoms with Crippen LogP contribution >= 0.6 is 11.8 Å². The van der Waals surface area contributed by atoms with Crippen molar-refractivity contribution in [2.75, 3.05) is 31.1 Å². The van der Waals surface area contributed by atoms with Crippen molar-refractivity contribution in [3.05, 3.63) is 47.1 Å². The van der Waals surface area contributed by atoms with E-state index in [0.29, 0.717) is 24.5 Å². The number of piperazine rings is 1. The van der Waals surface area contributed by atoms with Gasteiger partial charge in [0, 0.05) is 37.5 Å². The Morgan fingerprint density at radius 3 is 2.60 bits per heavy atom. The number of aryl methyl sites for hydroxylation is 2. The Labute approximate surface area is 151 Å². The molecule has 0 spiro atoms. The minimum atomic E-state index is -0.212. The highest BCUT2D eigenvalue weighted by Crippen LogP contribution is 2.26. The summed E-state index contributed by atoms with van der Waals surface area (Å²) in [6.45, 7) is 6.67. The van der Waals surface area contributed by atoms with Crippen molar-refractivity contribution < 1.29 is 13.7 Å². The average Bonchev–Trinajstić information content (AvgIpc) is 2.95. The van der Waals surface area contributed by atoms with Gasteiger partial charge in [-0.15, -0.1) is 11.8 Å². The number of benzene rings is 1. The fraction of sp³-hybridized carbons (Fsp3) is 0.444. The van der Waals surface area contributed by atoms with Crippen molar-refractivity contribution in [3.8, 4) is 0 Å². The predicted octanol–water partition coefficient (Wildman–Crippen LogP) is 3.01. The number of halogens is 1. The summed E-state index contributed by atoms with van der Waals surface area (Å²) in [6.07, 6.45) is 0.988. The van der Waals surface area contributed by atoms with E-state index < -0.39 is 0 Å². The number of anilines is 1. The molecule has 1 saturated heterocycles. The zero-order chi connectivity index (χ0) is 17.8. The molecule has 1 unspecified atom stereocenters. The smallest absolute Gasteiger partial charge is 0.147 e. The first-order valence-corrected chi connectivity index (χ1v) is 9.37. The number of carbonyl (C=O) groups is 1. The normalized spacial score (nSPS) is 16.8. The minimum absolute atomic E-state index is 0.198. The van der Waals surface area contributed by atoms with Crippen LogP contribution in [-0.4, -0.2) is 47.9 Å². The number of nitrogens with zero attached hydrogens (tertiary/aromatic N) is 3. The second-order valence-corrected chi connectivity index (χ2v) is 7.22. The van der Waals surface area contributed by atoms with Crippen molar-refractivity contribution in [2.24, 2.45) is 0 Å². The molecule has 1 aliphatic heterocycles. The van der Waals surface area contributed by atoms with Crippen LogP contribution in [0.4, 0.5) is 10.1 Å². The lowest BCUT2D eigenvalue weighted by Gasteiger charge is -2.38. The summed E-state index contributed by atoms with van der Waals surface area (Å²) in [6, 6.07) is 6.82. The van der Waals surface area contributed by atoms with Gasteiger partial charge in [0.05, 0.1) is 11.4 Å². The van der Waals surface area contributed by atoms with Gasteiger partial charge in [0.1, 0.15) is 23.2 Å². The minimum Gasteiger partial charge on any atom is -0.367 e. The highest BCUT2D eigenvalue weighted by molar-refractivity contribution is 7.99. The van der Waals surface area contributed by atoms with E-state index in [-0.39, 0.29) is 11.2 Å². The molecule has 0 radical (unpaired) electrons. The van der Waals surface area contributed by atoms with Crippen LogP contribution in [0, 0.1) is 19.7 Å². The Kier molecular flexibility index (Phi) is 5.75. The van der Waals surface area contributed by atoms with Gasteiger partial charge in [-0.3, -0.25) is 4.90 Å². The zero-order valence-electron chi connectivity index (χ0n) is 14.4. The standard InChI is InChI=1S/C18H22FN3O2S/c1-13-15(14(2)24-20-13)12-25-18(11-23)22-9-7-21(8-10-22)17-6-4-3-5-16(17)19/h3-6,11,18H,7-10,12H2,1-2H3. The van der Waals surface area contributed by atoms with Crippen LogP contribution in [0.15, 0.2) is 28.8 Å². The third-order valence-corrected chi connectivity index (χ3v) is 5.77. The third kappa shape index (κ3) is 4.04. The number of hydrogen-bond acceptors (Lipinski definition) is 6. The molecule has 1 aliphatic rings. The third-order valence-electron chi connectivity index (χ3n) is 4.56. The molecule has 0 amide bonds. The van der Waals surface area contributed by atoms with Crippen LogP contribution in [-0.2, 0) is 10.5 Å². The van der Waals surface area contributed by atoms with E-state index in [1.165, 1.54) is 6.07 Å². The Morgan fingerprint density at radius 1 is 1.28 bits per heavy atom. The second-order valence-electron chi connectivity index (χ2n) is 6.11. The van der Waals surface area contributed by atoms with Gasteiger partial charge in [-0.05, 0) is 26.0 Å². The summed E-state index contributed by atoms with van der Waals surface area (Å²) in [5.41, 5.74) is 2.56. The molecule has 0 N–H and O–H groups in total. The summed E-state index contributed by atoms with van der Waals surface area (Å²) < 4.78 is 19.1. The maximum absolute atomic E-state index is 13.9. The van der Waals surface area contributed by atoms with Crippen molar-refractivity contribution in [3.63, 3.8) is 0 Å². The van der Waals surface area contributed by atoms with E-state index in [1.54, 1.807) is 23.9 Å². The van der Waals surface area contributed by atoms with E-state index in [0.717, 1.165) is 36.4 Å². The Balaban J connectivity index is 1.57. The zero-order valence-corrected chi connectivity index (χ0v) is 15.3. The molecule has 25 heavy (non-hydrogen) atoms. The first kappa shape index (κ1) is 17.9. The van der Waals surface area contributed by atoms with Gasteiger partial charge in [-0.1, -0.05) is 17.3 Å².